The first-order chi connectivity index (χ1) is 7.97. The molecular weight excluding hydrogens is 305 g/mol. The van der Waals surface area contributed by atoms with Crippen LogP contribution < -0.4 is 5.73 Å². The number of hydrogen-bond donors (Lipinski definition) is 1. The molecule has 1 rings (SSSR count). The van der Waals surface area contributed by atoms with Crippen molar-refractivity contribution < 1.29 is 13.9 Å². The lowest BCUT2D eigenvalue weighted by Crippen LogP contribution is -2.31. The fourth-order valence-electron chi connectivity index (χ4n) is 1.20. The molecule has 1 aromatic heterocycles. The lowest BCUT2D eigenvalue weighted by Gasteiger charge is -2.16. The van der Waals surface area contributed by atoms with Crippen LogP contribution >= 0.6 is 35.6 Å². The quantitative estimate of drug-likeness (QED) is 0.685. The molecule has 0 aliphatic carbocycles. The molecule has 2 N–H and O–H groups in total. The van der Waals surface area contributed by atoms with E-state index in [9.17, 15) is 9.18 Å². The Hall–Kier alpha value is -0.620. The maximum absolute atomic E-state index is 13.6. The molecule has 0 saturated heterocycles. The van der Waals surface area contributed by atoms with Crippen LogP contribution in [-0.2, 0) is 9.53 Å². The third kappa shape index (κ3) is 4.24. The Morgan fingerprint density at radius 3 is 2.67 bits per heavy atom. The van der Waals surface area contributed by atoms with Gasteiger partial charge in [0.25, 0.3) is 0 Å². The molecule has 0 spiro atoms. The number of aromatic nitrogens is 1. The van der Waals surface area contributed by atoms with Crippen LogP contribution in [0, 0.1) is 0 Å². The number of esters is 1. The van der Waals surface area contributed by atoms with Crippen molar-refractivity contribution in [3.63, 3.8) is 0 Å². The molecule has 1 aromatic rings. The molecule has 0 aromatic carbocycles. The van der Waals surface area contributed by atoms with Crippen molar-refractivity contribution in [3.8, 4) is 0 Å². The number of rotatable bonds is 4. The molecule has 1 unspecified atom stereocenters. The van der Waals surface area contributed by atoms with E-state index in [1.54, 1.807) is 6.92 Å². The van der Waals surface area contributed by atoms with Crippen LogP contribution in [0.5, 0.6) is 0 Å². The molecule has 102 valence electrons. The van der Waals surface area contributed by atoms with Crippen LogP contribution in [0.4, 0.5) is 4.39 Å². The van der Waals surface area contributed by atoms with Gasteiger partial charge in [-0.2, -0.15) is 0 Å². The molecule has 0 fully saturated rings. The molecule has 2 atom stereocenters. The van der Waals surface area contributed by atoms with Gasteiger partial charge in [0, 0.05) is 5.56 Å². The predicted octanol–water partition coefficient (Wildman–Crippen LogP) is 2.71. The van der Waals surface area contributed by atoms with E-state index >= 15 is 0 Å². The minimum atomic E-state index is -1.99. The number of carbonyl (C=O) groups excluding carboxylic acids is 1. The standard InChI is InChI=1S/C10H11Cl2FN2O2.ClH/c1-2-17-10(16)7(13)8(14)5-3-4-6(11)15-9(5)12;/h3-4,7-8H,2,14H2,1H3;1H/t7?,8-;/m1./s1. The minimum absolute atomic E-state index is 0. The monoisotopic (exact) mass is 316 g/mol. The molecule has 1 heterocycles. The highest BCUT2D eigenvalue weighted by atomic mass is 35.5. The van der Waals surface area contributed by atoms with Gasteiger partial charge in [-0.15, -0.1) is 12.4 Å². The number of ether oxygens (including phenoxy) is 1. The van der Waals surface area contributed by atoms with Gasteiger partial charge < -0.3 is 10.5 Å². The first-order valence-electron chi connectivity index (χ1n) is 4.85. The molecule has 0 aliphatic rings. The first-order valence-corrected chi connectivity index (χ1v) is 5.61. The lowest BCUT2D eigenvalue weighted by molar-refractivity contribution is -0.149. The second kappa shape index (κ2) is 7.74. The van der Waals surface area contributed by atoms with E-state index in [0.29, 0.717) is 0 Å². The second-order valence-electron chi connectivity index (χ2n) is 3.19. The molecule has 8 heteroatoms. The van der Waals surface area contributed by atoms with E-state index in [2.05, 4.69) is 9.72 Å². The van der Waals surface area contributed by atoms with Crippen molar-refractivity contribution in [1.29, 1.82) is 0 Å². The zero-order valence-electron chi connectivity index (χ0n) is 9.40. The van der Waals surface area contributed by atoms with Crippen LogP contribution in [0.3, 0.4) is 0 Å². The van der Waals surface area contributed by atoms with Crippen molar-refractivity contribution >= 4 is 41.6 Å². The number of halogens is 4. The Labute approximate surface area is 120 Å². The van der Waals surface area contributed by atoms with Gasteiger partial charge >= 0.3 is 5.97 Å². The number of nitrogens with two attached hydrogens (primary N) is 1. The average molecular weight is 318 g/mol. The third-order valence-electron chi connectivity index (χ3n) is 2.03. The summed E-state index contributed by atoms with van der Waals surface area (Å²) >= 11 is 11.3. The number of hydrogen-bond acceptors (Lipinski definition) is 4. The number of pyridine rings is 1. The van der Waals surface area contributed by atoms with Gasteiger partial charge in [-0.1, -0.05) is 29.3 Å². The molecule has 0 aliphatic heterocycles. The highest BCUT2D eigenvalue weighted by Crippen LogP contribution is 2.25. The number of alkyl halides is 1. The highest BCUT2D eigenvalue weighted by Gasteiger charge is 2.29. The van der Waals surface area contributed by atoms with E-state index in [-0.39, 0.29) is 34.9 Å². The smallest absolute Gasteiger partial charge is 0.342 e. The van der Waals surface area contributed by atoms with Crippen LogP contribution in [-0.4, -0.2) is 23.7 Å². The van der Waals surface area contributed by atoms with Crippen molar-refractivity contribution in [2.24, 2.45) is 5.73 Å². The Balaban J connectivity index is 0.00000289. The highest BCUT2D eigenvalue weighted by molar-refractivity contribution is 6.32. The van der Waals surface area contributed by atoms with Gasteiger partial charge in [-0.3, -0.25) is 0 Å². The van der Waals surface area contributed by atoms with E-state index in [4.69, 9.17) is 28.9 Å². The van der Waals surface area contributed by atoms with Crippen molar-refractivity contribution in [3.05, 3.63) is 28.0 Å². The summed E-state index contributed by atoms with van der Waals surface area (Å²) in [6.45, 7) is 1.66. The Morgan fingerprint density at radius 1 is 1.56 bits per heavy atom. The third-order valence-corrected chi connectivity index (χ3v) is 2.54. The van der Waals surface area contributed by atoms with Gasteiger partial charge in [0.15, 0.2) is 0 Å². The van der Waals surface area contributed by atoms with Gasteiger partial charge in [-0.25, -0.2) is 14.2 Å². The van der Waals surface area contributed by atoms with Crippen LogP contribution in [0.15, 0.2) is 12.1 Å². The van der Waals surface area contributed by atoms with Crippen molar-refractivity contribution in [2.45, 2.75) is 19.1 Å². The molecule has 18 heavy (non-hydrogen) atoms. The van der Waals surface area contributed by atoms with E-state index < -0.39 is 18.2 Å². The topological polar surface area (TPSA) is 65.2 Å². The summed E-state index contributed by atoms with van der Waals surface area (Å²) in [6, 6.07) is 1.61. The molecule has 4 nitrogen and oxygen atoms in total. The van der Waals surface area contributed by atoms with E-state index in [0.717, 1.165) is 0 Å². The summed E-state index contributed by atoms with van der Waals surface area (Å²) in [7, 11) is 0. The largest absolute Gasteiger partial charge is 0.464 e. The Kier molecular flexibility index (Phi) is 7.47. The minimum Gasteiger partial charge on any atom is -0.464 e. The summed E-state index contributed by atoms with van der Waals surface area (Å²) in [5.74, 6) is -1.02. The van der Waals surface area contributed by atoms with Crippen LogP contribution in [0.25, 0.3) is 0 Å². The van der Waals surface area contributed by atoms with Gasteiger partial charge in [0.05, 0.1) is 12.6 Å². The second-order valence-corrected chi connectivity index (χ2v) is 3.94. The maximum Gasteiger partial charge on any atom is 0.342 e. The molecule has 0 amide bonds. The van der Waals surface area contributed by atoms with Crippen molar-refractivity contribution in [2.75, 3.05) is 6.61 Å². The maximum atomic E-state index is 13.6. The van der Waals surface area contributed by atoms with Crippen molar-refractivity contribution in [1.82, 2.24) is 4.98 Å². The zero-order chi connectivity index (χ0) is 13.0. The fraction of sp³-hybridized carbons (Fsp3) is 0.400. The first kappa shape index (κ1) is 17.4. The summed E-state index contributed by atoms with van der Waals surface area (Å²) < 4.78 is 18.2. The molecule has 0 saturated carbocycles. The molecule has 0 radical (unpaired) electrons. The van der Waals surface area contributed by atoms with E-state index in [1.807, 2.05) is 0 Å². The lowest BCUT2D eigenvalue weighted by atomic mass is 10.1. The number of carbonyl (C=O) groups is 1. The van der Waals surface area contributed by atoms with Gasteiger partial charge in [-0.05, 0) is 13.0 Å². The van der Waals surface area contributed by atoms with Crippen LogP contribution in [0.2, 0.25) is 10.3 Å². The average Bonchev–Trinajstić information content (AvgIpc) is 2.27. The van der Waals surface area contributed by atoms with Gasteiger partial charge in [0.2, 0.25) is 6.17 Å². The molecule has 0 bridgehead atoms. The van der Waals surface area contributed by atoms with Crippen LogP contribution in [0.1, 0.15) is 18.5 Å². The Bertz CT molecular complexity index is 420. The normalized spacial score (nSPS) is 13.4. The number of nitrogens with zero attached hydrogens (tertiary/aromatic N) is 1. The van der Waals surface area contributed by atoms with E-state index in [1.165, 1.54) is 12.1 Å². The zero-order valence-corrected chi connectivity index (χ0v) is 11.7. The Morgan fingerprint density at radius 2 is 2.17 bits per heavy atom. The molecular formula is C10H12Cl3FN2O2. The summed E-state index contributed by atoms with van der Waals surface area (Å²) in [5, 5.41) is 0.134. The van der Waals surface area contributed by atoms with Gasteiger partial charge in [0.1, 0.15) is 10.3 Å². The summed E-state index contributed by atoms with van der Waals surface area (Å²) in [5.41, 5.74) is 5.78. The SMILES string of the molecule is CCOC(=O)C(F)[C@H](N)c1ccc(Cl)nc1Cl.Cl. The summed E-state index contributed by atoms with van der Waals surface area (Å²) in [6.07, 6.45) is -1.99. The predicted molar refractivity (Wildman–Crippen MR) is 70.0 cm³/mol. The fourth-order valence-corrected chi connectivity index (χ4v) is 1.67. The summed E-state index contributed by atoms with van der Waals surface area (Å²) in [4.78, 5) is 14.9.